The Labute approximate surface area is 123 Å². The molecule has 1 saturated carbocycles. The van der Waals surface area contributed by atoms with E-state index in [1.54, 1.807) is 12.3 Å². The summed E-state index contributed by atoms with van der Waals surface area (Å²) >= 11 is 0. The number of nitrogens with one attached hydrogen (secondary N) is 1. The zero-order chi connectivity index (χ0) is 14.7. The van der Waals surface area contributed by atoms with Crippen molar-refractivity contribution in [2.45, 2.75) is 25.2 Å². The highest BCUT2D eigenvalue weighted by atomic mass is 19.1. The molecule has 3 N–H and O–H groups in total. The number of rotatable bonds is 5. The van der Waals surface area contributed by atoms with E-state index in [9.17, 15) is 4.39 Å². The fraction of sp³-hybridized carbons (Fsp3) is 0.375. The molecule has 1 aromatic carbocycles. The highest BCUT2D eigenvalue weighted by Crippen LogP contribution is 2.39. The molecule has 3 rings (SSSR count). The Bertz CT molecular complexity index is 625. The van der Waals surface area contributed by atoms with Crippen molar-refractivity contribution in [3.8, 4) is 11.4 Å². The quantitative estimate of drug-likeness (QED) is 0.887. The van der Waals surface area contributed by atoms with Gasteiger partial charge in [-0.1, -0.05) is 18.6 Å². The molecule has 0 radical (unpaired) electrons. The summed E-state index contributed by atoms with van der Waals surface area (Å²) in [6.07, 6.45) is 5.32. The van der Waals surface area contributed by atoms with E-state index in [0.717, 1.165) is 24.2 Å². The molecule has 1 aromatic heterocycles. The van der Waals surface area contributed by atoms with Crippen molar-refractivity contribution in [2.75, 3.05) is 18.4 Å². The number of hydrogen-bond donors (Lipinski definition) is 2. The van der Waals surface area contributed by atoms with Crippen LogP contribution in [0.5, 0.6) is 0 Å². The molecule has 4 nitrogen and oxygen atoms in total. The van der Waals surface area contributed by atoms with Crippen LogP contribution in [-0.2, 0) is 0 Å². The second kappa shape index (κ2) is 6.18. The molecule has 1 heterocycles. The topological polar surface area (TPSA) is 63.8 Å². The van der Waals surface area contributed by atoms with Crippen LogP contribution in [0.15, 0.2) is 30.5 Å². The van der Waals surface area contributed by atoms with Crippen molar-refractivity contribution >= 4 is 5.69 Å². The van der Waals surface area contributed by atoms with Gasteiger partial charge in [0.15, 0.2) is 5.82 Å². The first-order valence-electron chi connectivity index (χ1n) is 7.35. The van der Waals surface area contributed by atoms with Crippen molar-refractivity contribution in [2.24, 2.45) is 5.73 Å². The average molecular weight is 286 g/mol. The smallest absolute Gasteiger partial charge is 0.159 e. The Morgan fingerprint density at radius 1 is 1.33 bits per heavy atom. The predicted octanol–water partition coefficient (Wildman–Crippen LogP) is 2.92. The summed E-state index contributed by atoms with van der Waals surface area (Å²) in [6, 6.07) is 6.40. The minimum Gasteiger partial charge on any atom is -0.381 e. The first-order valence-corrected chi connectivity index (χ1v) is 7.35. The first kappa shape index (κ1) is 13.9. The summed E-state index contributed by atoms with van der Waals surface area (Å²) in [5.74, 6) is 0.780. The van der Waals surface area contributed by atoms with Gasteiger partial charge in [0.2, 0.25) is 0 Å². The minimum absolute atomic E-state index is 0.272. The van der Waals surface area contributed by atoms with Crippen LogP contribution in [0, 0.1) is 5.82 Å². The SMILES string of the molecule is NCCNc1cnc(-c2cccc(F)c2)nc1C1CCC1. The third kappa shape index (κ3) is 3.03. The number of halogens is 1. The zero-order valence-corrected chi connectivity index (χ0v) is 11.8. The normalized spacial score (nSPS) is 14.8. The molecule has 0 amide bonds. The lowest BCUT2D eigenvalue weighted by molar-refractivity contribution is 0.412. The molecular formula is C16H19FN4. The van der Waals surface area contributed by atoms with E-state index in [0.29, 0.717) is 30.4 Å². The maximum Gasteiger partial charge on any atom is 0.159 e. The largest absolute Gasteiger partial charge is 0.381 e. The standard InChI is InChI=1S/C16H19FN4/c17-13-6-2-5-12(9-13)16-20-10-14(19-8-7-18)15(21-16)11-3-1-4-11/h2,5-6,9-11,19H,1,3-4,7-8,18H2. The van der Waals surface area contributed by atoms with Gasteiger partial charge in [0.05, 0.1) is 17.6 Å². The van der Waals surface area contributed by atoms with Crippen LogP contribution in [0.1, 0.15) is 30.9 Å². The molecule has 0 saturated heterocycles. The first-order chi connectivity index (χ1) is 10.3. The molecule has 5 heteroatoms. The summed E-state index contributed by atoms with van der Waals surface area (Å²) in [6.45, 7) is 1.26. The van der Waals surface area contributed by atoms with Gasteiger partial charge in [0, 0.05) is 24.6 Å². The zero-order valence-electron chi connectivity index (χ0n) is 11.8. The van der Waals surface area contributed by atoms with Crippen LogP contribution in [0.25, 0.3) is 11.4 Å². The van der Waals surface area contributed by atoms with Gasteiger partial charge >= 0.3 is 0 Å². The minimum atomic E-state index is -0.272. The lowest BCUT2D eigenvalue weighted by atomic mass is 9.82. The Kier molecular flexibility index (Phi) is 4.10. The van der Waals surface area contributed by atoms with Crippen molar-refractivity contribution < 1.29 is 4.39 Å². The third-order valence-corrected chi connectivity index (χ3v) is 3.85. The van der Waals surface area contributed by atoms with Gasteiger partial charge in [0.1, 0.15) is 5.82 Å². The molecule has 1 aliphatic rings. The predicted molar refractivity (Wildman–Crippen MR) is 81.6 cm³/mol. The van der Waals surface area contributed by atoms with Crippen LogP contribution in [0.4, 0.5) is 10.1 Å². The molecule has 0 spiro atoms. The highest BCUT2D eigenvalue weighted by molar-refractivity contribution is 5.59. The van der Waals surface area contributed by atoms with Gasteiger partial charge in [0.25, 0.3) is 0 Å². The maximum absolute atomic E-state index is 13.4. The third-order valence-electron chi connectivity index (χ3n) is 3.85. The molecule has 1 aliphatic carbocycles. The van der Waals surface area contributed by atoms with E-state index in [2.05, 4.69) is 15.3 Å². The fourth-order valence-electron chi connectivity index (χ4n) is 2.50. The number of nitrogens with two attached hydrogens (primary N) is 1. The monoisotopic (exact) mass is 286 g/mol. The summed E-state index contributed by atoms with van der Waals surface area (Å²) in [5.41, 5.74) is 8.23. The van der Waals surface area contributed by atoms with E-state index < -0.39 is 0 Å². The summed E-state index contributed by atoms with van der Waals surface area (Å²) in [4.78, 5) is 9.04. The van der Waals surface area contributed by atoms with Crippen molar-refractivity contribution in [1.82, 2.24) is 9.97 Å². The number of aromatic nitrogens is 2. The maximum atomic E-state index is 13.4. The summed E-state index contributed by atoms with van der Waals surface area (Å²) < 4.78 is 13.4. The second-order valence-electron chi connectivity index (χ2n) is 5.35. The number of benzene rings is 1. The molecule has 2 aromatic rings. The Hall–Kier alpha value is -2.01. The molecule has 0 atom stereocenters. The Morgan fingerprint density at radius 2 is 2.19 bits per heavy atom. The molecule has 1 fully saturated rings. The number of anilines is 1. The van der Waals surface area contributed by atoms with Crippen LogP contribution >= 0.6 is 0 Å². The van der Waals surface area contributed by atoms with Crippen LogP contribution in [0.3, 0.4) is 0 Å². The van der Waals surface area contributed by atoms with Crippen LogP contribution in [0.2, 0.25) is 0 Å². The van der Waals surface area contributed by atoms with E-state index in [-0.39, 0.29) is 5.82 Å². The molecule has 110 valence electrons. The lowest BCUT2D eigenvalue weighted by Gasteiger charge is -2.27. The highest BCUT2D eigenvalue weighted by Gasteiger charge is 2.24. The molecule has 0 aliphatic heterocycles. The van der Waals surface area contributed by atoms with Crippen molar-refractivity contribution in [3.05, 3.63) is 42.0 Å². The van der Waals surface area contributed by atoms with E-state index >= 15 is 0 Å². The Morgan fingerprint density at radius 3 is 2.86 bits per heavy atom. The molecule has 0 unspecified atom stereocenters. The van der Waals surface area contributed by atoms with Gasteiger partial charge in [-0.15, -0.1) is 0 Å². The number of hydrogen-bond acceptors (Lipinski definition) is 4. The number of nitrogens with zero attached hydrogens (tertiary/aromatic N) is 2. The van der Waals surface area contributed by atoms with Gasteiger partial charge in [-0.25, -0.2) is 14.4 Å². The van der Waals surface area contributed by atoms with E-state index in [4.69, 9.17) is 5.73 Å². The van der Waals surface area contributed by atoms with Crippen molar-refractivity contribution in [3.63, 3.8) is 0 Å². The molecule has 21 heavy (non-hydrogen) atoms. The fourth-order valence-corrected chi connectivity index (χ4v) is 2.50. The van der Waals surface area contributed by atoms with Crippen LogP contribution < -0.4 is 11.1 Å². The molecular weight excluding hydrogens is 267 g/mol. The van der Waals surface area contributed by atoms with Gasteiger partial charge in [-0.05, 0) is 25.0 Å². The van der Waals surface area contributed by atoms with Gasteiger partial charge < -0.3 is 11.1 Å². The molecule has 0 bridgehead atoms. The summed E-state index contributed by atoms with van der Waals surface area (Å²) in [5, 5.41) is 3.28. The summed E-state index contributed by atoms with van der Waals surface area (Å²) in [7, 11) is 0. The van der Waals surface area contributed by atoms with E-state index in [1.807, 2.05) is 6.07 Å². The van der Waals surface area contributed by atoms with Crippen molar-refractivity contribution in [1.29, 1.82) is 0 Å². The second-order valence-corrected chi connectivity index (χ2v) is 5.35. The van der Waals surface area contributed by atoms with Crippen LogP contribution in [-0.4, -0.2) is 23.1 Å². The lowest BCUT2D eigenvalue weighted by Crippen LogP contribution is -2.18. The Balaban J connectivity index is 1.95. The van der Waals surface area contributed by atoms with Gasteiger partial charge in [-0.3, -0.25) is 0 Å². The van der Waals surface area contributed by atoms with Gasteiger partial charge in [-0.2, -0.15) is 0 Å². The average Bonchev–Trinajstić information content (AvgIpc) is 2.44. The van der Waals surface area contributed by atoms with E-state index in [1.165, 1.54) is 18.6 Å².